The molecule has 0 amide bonds. The number of nitrogens with one attached hydrogen (secondary N) is 1. The van der Waals surface area contributed by atoms with Gasteiger partial charge in [0.15, 0.2) is 0 Å². The lowest BCUT2D eigenvalue weighted by Crippen LogP contribution is -2.39. The van der Waals surface area contributed by atoms with Crippen molar-refractivity contribution in [3.8, 4) is 0 Å². The van der Waals surface area contributed by atoms with Crippen LogP contribution in [0.3, 0.4) is 0 Å². The highest BCUT2D eigenvalue weighted by Crippen LogP contribution is 2.29. The molecule has 3 rings (SSSR count). The van der Waals surface area contributed by atoms with Crippen molar-refractivity contribution in [1.82, 2.24) is 10.2 Å². The van der Waals surface area contributed by atoms with Crippen LogP contribution in [0.5, 0.6) is 0 Å². The SMILES string of the molecule is CC1CCN(CCNC2CCCc3ccccc32)CC1. The molecule has 0 radical (unpaired) electrons. The van der Waals surface area contributed by atoms with Gasteiger partial charge in [0.05, 0.1) is 0 Å². The third-order valence-corrected chi connectivity index (χ3v) is 5.06. The molecule has 1 N–H and O–H groups in total. The summed E-state index contributed by atoms with van der Waals surface area (Å²) in [7, 11) is 0. The van der Waals surface area contributed by atoms with Gasteiger partial charge in [-0.3, -0.25) is 0 Å². The number of fused-ring (bicyclic) bond motifs is 1. The van der Waals surface area contributed by atoms with Crippen LogP contribution in [0.4, 0.5) is 0 Å². The van der Waals surface area contributed by atoms with E-state index in [0.29, 0.717) is 6.04 Å². The molecule has 1 atom stereocenters. The number of likely N-dealkylation sites (tertiary alicyclic amines) is 1. The molecule has 20 heavy (non-hydrogen) atoms. The standard InChI is InChI=1S/C18H28N2/c1-15-9-12-20(13-10-15)14-11-19-18-8-4-6-16-5-2-3-7-17(16)18/h2-3,5,7,15,18-19H,4,6,8-14H2,1H3. The van der Waals surface area contributed by atoms with Crippen molar-refractivity contribution in [3.05, 3.63) is 35.4 Å². The number of benzene rings is 1. The Morgan fingerprint density at radius 2 is 1.95 bits per heavy atom. The highest BCUT2D eigenvalue weighted by Gasteiger charge is 2.20. The van der Waals surface area contributed by atoms with E-state index in [1.54, 1.807) is 11.1 Å². The minimum absolute atomic E-state index is 0.587. The average Bonchev–Trinajstić information content (AvgIpc) is 2.49. The molecule has 1 fully saturated rings. The smallest absolute Gasteiger partial charge is 0.0323 e. The number of hydrogen-bond donors (Lipinski definition) is 1. The zero-order chi connectivity index (χ0) is 13.8. The summed E-state index contributed by atoms with van der Waals surface area (Å²) in [4.78, 5) is 2.63. The highest BCUT2D eigenvalue weighted by molar-refractivity contribution is 5.32. The molecule has 2 heteroatoms. The molecule has 2 nitrogen and oxygen atoms in total. The van der Waals surface area contributed by atoms with Gasteiger partial charge in [0.2, 0.25) is 0 Å². The van der Waals surface area contributed by atoms with E-state index in [4.69, 9.17) is 0 Å². The molecule has 0 saturated carbocycles. The minimum Gasteiger partial charge on any atom is -0.309 e. The molecule has 110 valence electrons. The van der Waals surface area contributed by atoms with Gasteiger partial charge in [0.25, 0.3) is 0 Å². The largest absolute Gasteiger partial charge is 0.309 e. The molecule has 1 aromatic rings. The molecule has 2 aliphatic rings. The van der Waals surface area contributed by atoms with Gasteiger partial charge in [0, 0.05) is 19.1 Å². The van der Waals surface area contributed by atoms with E-state index in [0.717, 1.165) is 12.5 Å². The summed E-state index contributed by atoms with van der Waals surface area (Å²) >= 11 is 0. The summed E-state index contributed by atoms with van der Waals surface area (Å²) in [6, 6.07) is 9.56. The second-order valence-corrected chi connectivity index (χ2v) is 6.62. The van der Waals surface area contributed by atoms with E-state index in [-0.39, 0.29) is 0 Å². The van der Waals surface area contributed by atoms with Crippen molar-refractivity contribution in [3.63, 3.8) is 0 Å². The van der Waals surface area contributed by atoms with E-state index in [1.807, 2.05) is 0 Å². The molecular formula is C18H28N2. The second-order valence-electron chi connectivity index (χ2n) is 6.62. The van der Waals surface area contributed by atoms with E-state index < -0.39 is 0 Å². The van der Waals surface area contributed by atoms with Gasteiger partial charge in [-0.15, -0.1) is 0 Å². The van der Waals surface area contributed by atoms with Crippen molar-refractivity contribution < 1.29 is 0 Å². The van der Waals surface area contributed by atoms with Crippen molar-refractivity contribution in [2.24, 2.45) is 5.92 Å². The van der Waals surface area contributed by atoms with Crippen molar-refractivity contribution in [1.29, 1.82) is 0 Å². The molecule has 0 spiro atoms. The normalized spacial score (nSPS) is 24.6. The van der Waals surface area contributed by atoms with Gasteiger partial charge in [-0.25, -0.2) is 0 Å². The maximum Gasteiger partial charge on any atom is 0.0323 e. The highest BCUT2D eigenvalue weighted by atomic mass is 15.1. The summed E-state index contributed by atoms with van der Waals surface area (Å²) < 4.78 is 0. The Balaban J connectivity index is 1.47. The number of hydrogen-bond acceptors (Lipinski definition) is 2. The van der Waals surface area contributed by atoms with Crippen molar-refractivity contribution in [2.75, 3.05) is 26.2 Å². The van der Waals surface area contributed by atoms with E-state index in [2.05, 4.69) is 41.4 Å². The first-order valence-electron chi connectivity index (χ1n) is 8.36. The molecule has 1 aliphatic heterocycles. The molecule has 0 bridgehead atoms. The fourth-order valence-electron chi connectivity index (χ4n) is 3.65. The van der Waals surface area contributed by atoms with Crippen LogP contribution < -0.4 is 5.32 Å². The van der Waals surface area contributed by atoms with Crippen molar-refractivity contribution in [2.45, 2.75) is 45.1 Å². The second kappa shape index (κ2) is 6.73. The summed E-state index contributed by atoms with van der Waals surface area (Å²) in [6.45, 7) is 7.32. The Labute approximate surface area is 123 Å². The fourth-order valence-corrected chi connectivity index (χ4v) is 3.65. The molecule has 1 heterocycles. The zero-order valence-electron chi connectivity index (χ0n) is 12.8. The summed E-state index contributed by atoms with van der Waals surface area (Å²) in [6.07, 6.45) is 6.65. The lowest BCUT2D eigenvalue weighted by molar-refractivity contribution is 0.190. The lowest BCUT2D eigenvalue weighted by Gasteiger charge is -2.31. The Morgan fingerprint density at radius 3 is 2.80 bits per heavy atom. The predicted molar refractivity (Wildman–Crippen MR) is 85.0 cm³/mol. The topological polar surface area (TPSA) is 15.3 Å². The Morgan fingerprint density at radius 1 is 1.15 bits per heavy atom. The first-order valence-corrected chi connectivity index (χ1v) is 8.36. The van der Waals surface area contributed by atoms with Gasteiger partial charge in [-0.1, -0.05) is 31.2 Å². The van der Waals surface area contributed by atoms with Crippen LogP contribution in [0, 0.1) is 5.92 Å². The third kappa shape index (κ3) is 3.42. The van der Waals surface area contributed by atoms with Crippen LogP contribution in [-0.4, -0.2) is 31.1 Å². The van der Waals surface area contributed by atoms with Crippen LogP contribution >= 0.6 is 0 Å². The maximum atomic E-state index is 3.79. The van der Waals surface area contributed by atoms with E-state index in [9.17, 15) is 0 Å². The van der Waals surface area contributed by atoms with E-state index in [1.165, 1.54) is 51.7 Å². The quantitative estimate of drug-likeness (QED) is 0.904. The first kappa shape index (κ1) is 14.1. The average molecular weight is 272 g/mol. The molecule has 1 unspecified atom stereocenters. The Kier molecular flexibility index (Phi) is 4.74. The van der Waals surface area contributed by atoms with Crippen LogP contribution in [0.15, 0.2) is 24.3 Å². The van der Waals surface area contributed by atoms with Crippen molar-refractivity contribution >= 4 is 0 Å². The Hall–Kier alpha value is -0.860. The molecule has 1 aromatic carbocycles. The number of rotatable bonds is 4. The molecule has 0 aromatic heterocycles. The van der Waals surface area contributed by atoms with Gasteiger partial charge < -0.3 is 10.2 Å². The molecular weight excluding hydrogens is 244 g/mol. The van der Waals surface area contributed by atoms with Crippen LogP contribution in [0.1, 0.15) is 49.8 Å². The van der Waals surface area contributed by atoms with Gasteiger partial charge in [-0.05, 0) is 62.2 Å². The van der Waals surface area contributed by atoms with Gasteiger partial charge >= 0.3 is 0 Å². The van der Waals surface area contributed by atoms with Crippen LogP contribution in [0.25, 0.3) is 0 Å². The molecule has 1 aliphatic carbocycles. The number of nitrogens with zero attached hydrogens (tertiary/aromatic N) is 1. The lowest BCUT2D eigenvalue weighted by atomic mass is 9.88. The predicted octanol–water partition coefficient (Wildman–Crippen LogP) is 3.39. The fraction of sp³-hybridized carbons (Fsp3) is 0.667. The zero-order valence-corrected chi connectivity index (χ0v) is 12.8. The number of aryl methyl sites for hydroxylation is 1. The minimum atomic E-state index is 0.587. The maximum absolute atomic E-state index is 3.79. The summed E-state index contributed by atoms with van der Waals surface area (Å²) in [5, 5.41) is 3.79. The Bertz CT molecular complexity index is 421. The number of piperidine rings is 1. The summed E-state index contributed by atoms with van der Waals surface area (Å²) in [5.74, 6) is 0.935. The van der Waals surface area contributed by atoms with Gasteiger partial charge in [-0.2, -0.15) is 0 Å². The first-order chi connectivity index (χ1) is 9.83. The van der Waals surface area contributed by atoms with Crippen LogP contribution in [-0.2, 0) is 6.42 Å². The van der Waals surface area contributed by atoms with Crippen LogP contribution in [0.2, 0.25) is 0 Å². The van der Waals surface area contributed by atoms with E-state index >= 15 is 0 Å². The van der Waals surface area contributed by atoms with Gasteiger partial charge in [0.1, 0.15) is 0 Å². The summed E-state index contributed by atoms with van der Waals surface area (Å²) in [5.41, 5.74) is 3.11. The molecule has 1 saturated heterocycles. The third-order valence-electron chi connectivity index (χ3n) is 5.06. The monoisotopic (exact) mass is 272 g/mol.